The van der Waals surface area contributed by atoms with Crippen molar-refractivity contribution in [2.45, 2.75) is 38.8 Å². The molecule has 1 aromatic carbocycles. The van der Waals surface area contributed by atoms with E-state index in [9.17, 15) is 4.39 Å². The lowest BCUT2D eigenvalue weighted by Crippen LogP contribution is -2.44. The fraction of sp³-hybridized carbons (Fsp3) is 0.611. The third-order valence-electron chi connectivity index (χ3n) is 4.11. The highest BCUT2D eigenvalue weighted by molar-refractivity contribution is 5.79. The zero-order valence-corrected chi connectivity index (χ0v) is 14.9. The van der Waals surface area contributed by atoms with Gasteiger partial charge in [-0.3, -0.25) is 9.89 Å². The van der Waals surface area contributed by atoms with Gasteiger partial charge in [-0.15, -0.1) is 0 Å². The van der Waals surface area contributed by atoms with Crippen LogP contribution in [0.3, 0.4) is 0 Å². The van der Waals surface area contributed by atoms with Crippen LogP contribution in [0.25, 0.3) is 0 Å². The quantitative estimate of drug-likeness (QED) is 0.536. The zero-order valence-electron chi connectivity index (χ0n) is 14.9. The van der Waals surface area contributed by atoms with Crippen molar-refractivity contribution < 1.29 is 9.13 Å². The molecular weight excluding hydrogens is 307 g/mol. The molecule has 1 aliphatic rings. The van der Waals surface area contributed by atoms with Gasteiger partial charge in [0.15, 0.2) is 17.5 Å². The predicted molar refractivity (Wildman–Crippen MR) is 96.1 cm³/mol. The number of rotatable bonds is 9. The Morgan fingerprint density at radius 2 is 2.12 bits per heavy atom. The molecule has 0 aliphatic heterocycles. The maximum Gasteiger partial charge on any atom is 0.191 e. The average molecular weight is 336 g/mol. The number of hydrogen-bond acceptors (Lipinski definition) is 3. The normalized spacial score (nSPS) is 16.1. The summed E-state index contributed by atoms with van der Waals surface area (Å²) < 4.78 is 19.2. The molecule has 1 atom stereocenters. The fourth-order valence-electron chi connectivity index (χ4n) is 2.62. The molecule has 0 heterocycles. The summed E-state index contributed by atoms with van der Waals surface area (Å²) in [6.45, 7) is 7.61. The number of para-hydroxylation sites is 1. The highest BCUT2D eigenvalue weighted by Gasteiger charge is 2.27. The van der Waals surface area contributed by atoms with Crippen LogP contribution in [-0.2, 0) is 0 Å². The molecule has 2 rings (SSSR count). The highest BCUT2D eigenvalue weighted by Crippen LogP contribution is 2.25. The van der Waals surface area contributed by atoms with E-state index >= 15 is 0 Å². The van der Waals surface area contributed by atoms with Crippen LogP contribution in [0.4, 0.5) is 4.39 Å². The molecule has 5 nitrogen and oxygen atoms in total. The van der Waals surface area contributed by atoms with E-state index in [-0.39, 0.29) is 17.7 Å². The Bertz CT molecular complexity index is 534. The summed E-state index contributed by atoms with van der Waals surface area (Å²) in [5.74, 6) is 0.676. The second-order valence-corrected chi connectivity index (χ2v) is 6.10. The van der Waals surface area contributed by atoms with E-state index < -0.39 is 0 Å². The molecule has 24 heavy (non-hydrogen) atoms. The Morgan fingerprint density at radius 1 is 1.38 bits per heavy atom. The average Bonchev–Trinajstić information content (AvgIpc) is 3.41. The highest BCUT2D eigenvalue weighted by atomic mass is 19.1. The number of ether oxygens (including phenoxy) is 1. The molecule has 0 saturated heterocycles. The van der Waals surface area contributed by atoms with Gasteiger partial charge in [0, 0.05) is 26.2 Å². The predicted octanol–water partition coefficient (Wildman–Crippen LogP) is 2.24. The van der Waals surface area contributed by atoms with Crippen LogP contribution in [0, 0.1) is 5.82 Å². The van der Waals surface area contributed by atoms with E-state index in [0.29, 0.717) is 6.54 Å². The lowest BCUT2D eigenvalue weighted by molar-refractivity contribution is 0.214. The van der Waals surface area contributed by atoms with Crippen molar-refractivity contribution in [1.82, 2.24) is 15.5 Å². The number of halogens is 1. The largest absolute Gasteiger partial charge is 0.486 e. The van der Waals surface area contributed by atoms with Gasteiger partial charge < -0.3 is 15.4 Å². The van der Waals surface area contributed by atoms with Crippen LogP contribution < -0.4 is 15.4 Å². The monoisotopic (exact) mass is 336 g/mol. The van der Waals surface area contributed by atoms with E-state index in [1.807, 2.05) is 6.92 Å². The summed E-state index contributed by atoms with van der Waals surface area (Å²) in [5, 5.41) is 6.53. The van der Waals surface area contributed by atoms with Gasteiger partial charge in [-0.05, 0) is 38.4 Å². The Hall–Kier alpha value is -1.82. The number of aliphatic imine (C=N–C) groups is 1. The molecule has 0 radical (unpaired) electrons. The van der Waals surface area contributed by atoms with Gasteiger partial charge in [-0.2, -0.15) is 0 Å². The first-order valence-electron chi connectivity index (χ1n) is 8.73. The second-order valence-electron chi connectivity index (χ2n) is 6.10. The molecule has 0 amide bonds. The summed E-state index contributed by atoms with van der Waals surface area (Å²) in [4.78, 5) is 6.70. The number of likely N-dealkylation sites (N-methyl/N-ethyl adjacent to an activating group) is 1. The van der Waals surface area contributed by atoms with Crippen LogP contribution in [0.15, 0.2) is 29.3 Å². The van der Waals surface area contributed by atoms with Crippen LogP contribution in [0.1, 0.15) is 26.7 Å². The Kier molecular flexibility index (Phi) is 7.31. The summed E-state index contributed by atoms with van der Waals surface area (Å²) in [6, 6.07) is 7.23. The molecule has 1 saturated carbocycles. The Labute approximate surface area is 144 Å². The van der Waals surface area contributed by atoms with Gasteiger partial charge in [0.05, 0.1) is 6.54 Å². The summed E-state index contributed by atoms with van der Waals surface area (Å²) in [5.41, 5.74) is 0. The van der Waals surface area contributed by atoms with E-state index in [0.717, 1.165) is 31.6 Å². The van der Waals surface area contributed by atoms with Crippen molar-refractivity contribution in [2.75, 3.05) is 33.2 Å². The smallest absolute Gasteiger partial charge is 0.191 e. The molecule has 6 heteroatoms. The summed E-state index contributed by atoms with van der Waals surface area (Å²) in [7, 11) is 1.75. The topological polar surface area (TPSA) is 48.9 Å². The van der Waals surface area contributed by atoms with Gasteiger partial charge in [0.1, 0.15) is 6.10 Å². The number of hydrogen-bond donors (Lipinski definition) is 2. The third-order valence-corrected chi connectivity index (χ3v) is 4.11. The van der Waals surface area contributed by atoms with Crippen LogP contribution in [0.2, 0.25) is 0 Å². The second kappa shape index (κ2) is 9.47. The van der Waals surface area contributed by atoms with Crippen LogP contribution in [-0.4, -0.2) is 56.2 Å². The van der Waals surface area contributed by atoms with Crippen molar-refractivity contribution in [3.63, 3.8) is 0 Å². The number of nitrogens with zero attached hydrogens (tertiary/aromatic N) is 2. The molecular formula is C18H29FN4O. The van der Waals surface area contributed by atoms with Crippen molar-refractivity contribution in [1.29, 1.82) is 0 Å². The molecule has 1 aliphatic carbocycles. The van der Waals surface area contributed by atoms with Gasteiger partial charge in [0.2, 0.25) is 0 Å². The van der Waals surface area contributed by atoms with E-state index in [1.165, 1.54) is 18.9 Å². The maximum atomic E-state index is 13.6. The molecule has 2 N–H and O–H groups in total. The van der Waals surface area contributed by atoms with Crippen molar-refractivity contribution in [3.05, 3.63) is 30.1 Å². The summed E-state index contributed by atoms with van der Waals surface area (Å²) >= 11 is 0. The fourth-order valence-corrected chi connectivity index (χ4v) is 2.62. The van der Waals surface area contributed by atoms with E-state index in [4.69, 9.17) is 4.74 Å². The first kappa shape index (κ1) is 18.5. The minimum Gasteiger partial charge on any atom is -0.486 e. The lowest BCUT2D eigenvalue weighted by Gasteiger charge is -2.21. The molecule has 134 valence electrons. The van der Waals surface area contributed by atoms with Gasteiger partial charge >= 0.3 is 0 Å². The third kappa shape index (κ3) is 6.00. The van der Waals surface area contributed by atoms with Gasteiger partial charge in [0.25, 0.3) is 0 Å². The standard InChI is InChI=1S/C18H29FN4O/c1-4-23(15-9-10-15)12-11-21-18(20-3)22-13-14(2)24-17-8-6-5-7-16(17)19/h5-8,14-15H,4,9-13H2,1-3H3,(H2,20,21,22). The number of benzene rings is 1. The van der Waals surface area contributed by atoms with Crippen molar-refractivity contribution in [3.8, 4) is 5.75 Å². The number of nitrogens with one attached hydrogen (secondary N) is 2. The van der Waals surface area contributed by atoms with E-state index in [2.05, 4.69) is 27.4 Å². The molecule has 1 unspecified atom stereocenters. The van der Waals surface area contributed by atoms with Gasteiger partial charge in [-0.1, -0.05) is 19.1 Å². The Balaban J connectivity index is 1.68. The number of guanidine groups is 1. The SMILES string of the molecule is CCN(CCNC(=NC)NCC(C)Oc1ccccc1F)C1CC1. The molecule has 0 spiro atoms. The summed E-state index contributed by atoms with van der Waals surface area (Å²) in [6.07, 6.45) is 2.48. The van der Waals surface area contributed by atoms with Crippen molar-refractivity contribution in [2.24, 2.45) is 4.99 Å². The van der Waals surface area contributed by atoms with E-state index in [1.54, 1.807) is 25.2 Å². The molecule has 1 fully saturated rings. The molecule has 1 aromatic rings. The van der Waals surface area contributed by atoms with Crippen LogP contribution in [0.5, 0.6) is 5.75 Å². The minimum atomic E-state index is -0.341. The zero-order chi connectivity index (χ0) is 17.4. The Morgan fingerprint density at radius 3 is 2.75 bits per heavy atom. The first-order chi connectivity index (χ1) is 11.6. The lowest BCUT2D eigenvalue weighted by atomic mass is 10.3. The first-order valence-corrected chi connectivity index (χ1v) is 8.73. The van der Waals surface area contributed by atoms with Crippen LogP contribution >= 0.6 is 0 Å². The maximum absolute atomic E-state index is 13.6. The minimum absolute atomic E-state index is 0.168. The molecule has 0 aromatic heterocycles. The molecule has 0 bridgehead atoms. The van der Waals surface area contributed by atoms with Gasteiger partial charge in [-0.25, -0.2) is 4.39 Å². The van der Waals surface area contributed by atoms with Crippen molar-refractivity contribution >= 4 is 5.96 Å².